The maximum Gasteiger partial charge on any atom is 0.253 e. The normalized spacial score (nSPS) is 15.9. The van der Waals surface area contributed by atoms with Crippen molar-refractivity contribution < 1.29 is 9.90 Å². The number of hydrogen-bond acceptors (Lipinski definition) is 3. The molecule has 1 fully saturated rings. The van der Waals surface area contributed by atoms with Crippen LogP contribution in [-0.2, 0) is 13.0 Å². The predicted octanol–water partition coefficient (Wildman–Crippen LogP) is 3.45. The Morgan fingerprint density at radius 1 is 1.30 bits per heavy atom. The molecule has 1 N–H and O–H groups in total. The van der Waals surface area contributed by atoms with E-state index in [1.807, 2.05) is 62.3 Å². The number of aromatic nitrogens is 2. The number of benzene rings is 1. The fourth-order valence-corrected chi connectivity index (χ4v) is 3.69. The second kappa shape index (κ2) is 8.26. The lowest BCUT2D eigenvalue weighted by atomic mass is 9.95. The minimum Gasteiger partial charge on any atom is -0.390 e. The summed E-state index contributed by atoms with van der Waals surface area (Å²) in [5.41, 5.74) is 1.18. The molecular weight excluding hydrogens is 338 g/mol. The summed E-state index contributed by atoms with van der Waals surface area (Å²) < 4.78 is 2.20. The molecule has 1 saturated heterocycles. The molecule has 1 aromatic heterocycles. The zero-order valence-electron chi connectivity index (χ0n) is 16.7. The fraction of sp³-hybridized carbons (Fsp3) is 0.545. The van der Waals surface area contributed by atoms with Gasteiger partial charge in [-0.25, -0.2) is 4.98 Å². The number of imidazole rings is 1. The van der Waals surface area contributed by atoms with E-state index in [1.165, 1.54) is 0 Å². The van der Waals surface area contributed by atoms with Crippen molar-refractivity contribution >= 4 is 5.91 Å². The van der Waals surface area contributed by atoms with Gasteiger partial charge in [0.25, 0.3) is 5.91 Å². The fourth-order valence-electron chi connectivity index (χ4n) is 3.69. The summed E-state index contributed by atoms with van der Waals surface area (Å²) in [5, 5.41) is 9.91. The number of nitrogens with zero attached hydrogens (tertiary/aromatic N) is 3. The molecule has 1 amide bonds. The summed E-state index contributed by atoms with van der Waals surface area (Å²) >= 11 is 0. The third-order valence-corrected chi connectivity index (χ3v) is 5.48. The van der Waals surface area contributed by atoms with Crippen LogP contribution in [0.2, 0.25) is 0 Å². The highest BCUT2D eigenvalue weighted by Crippen LogP contribution is 2.22. The molecule has 5 nitrogen and oxygen atoms in total. The Bertz CT molecular complexity index is 768. The molecule has 0 aliphatic carbocycles. The van der Waals surface area contributed by atoms with Gasteiger partial charge in [-0.15, -0.1) is 0 Å². The van der Waals surface area contributed by atoms with Crippen LogP contribution in [0.1, 0.15) is 54.9 Å². The summed E-state index contributed by atoms with van der Waals surface area (Å²) in [6.07, 6.45) is 7.40. The van der Waals surface area contributed by atoms with Crippen molar-refractivity contribution in [3.05, 3.63) is 53.6 Å². The summed E-state index contributed by atoms with van der Waals surface area (Å²) in [6.45, 7) is 8.27. The Kier molecular flexibility index (Phi) is 6.00. The zero-order valence-corrected chi connectivity index (χ0v) is 16.7. The lowest BCUT2D eigenvalue weighted by Gasteiger charge is -2.32. The summed E-state index contributed by atoms with van der Waals surface area (Å²) in [6, 6.07) is 7.86. The Morgan fingerprint density at radius 2 is 2.04 bits per heavy atom. The maximum absolute atomic E-state index is 12.9. The number of likely N-dealkylation sites (tertiary alicyclic amines) is 1. The first-order valence-electron chi connectivity index (χ1n) is 9.90. The maximum atomic E-state index is 12.9. The van der Waals surface area contributed by atoms with E-state index in [-0.39, 0.29) is 5.91 Å². The Balaban J connectivity index is 1.55. The van der Waals surface area contributed by atoms with Gasteiger partial charge in [-0.1, -0.05) is 12.1 Å². The van der Waals surface area contributed by atoms with Crippen molar-refractivity contribution in [2.45, 2.75) is 58.6 Å². The number of rotatable bonds is 6. The van der Waals surface area contributed by atoms with Gasteiger partial charge in [-0.2, -0.15) is 0 Å². The molecule has 1 aliphatic rings. The highest BCUT2D eigenvalue weighted by atomic mass is 16.3. The van der Waals surface area contributed by atoms with Gasteiger partial charge in [0.05, 0.1) is 5.60 Å². The van der Waals surface area contributed by atoms with Crippen LogP contribution in [0.4, 0.5) is 0 Å². The second-order valence-electron chi connectivity index (χ2n) is 8.38. The van der Waals surface area contributed by atoms with Crippen LogP contribution in [-0.4, -0.2) is 44.2 Å². The van der Waals surface area contributed by atoms with E-state index >= 15 is 0 Å². The van der Waals surface area contributed by atoms with E-state index in [1.54, 1.807) is 0 Å². The summed E-state index contributed by atoms with van der Waals surface area (Å²) in [7, 11) is 0. The van der Waals surface area contributed by atoms with Crippen LogP contribution in [0.5, 0.6) is 0 Å². The van der Waals surface area contributed by atoms with E-state index in [2.05, 4.69) is 9.55 Å². The second-order valence-corrected chi connectivity index (χ2v) is 8.38. The number of carbonyl (C=O) groups is 1. The van der Waals surface area contributed by atoms with Crippen LogP contribution in [0.3, 0.4) is 0 Å². The molecule has 27 heavy (non-hydrogen) atoms. The standard InChI is InChI=1S/C22H31N3O2/c1-17-23-11-14-25(17)16-19-8-12-24(13-9-19)21(26)20-6-4-5-18(15-20)7-10-22(2,3)27/h4-6,11,14-15,19,27H,7-10,12-13,16H2,1-3H3. The highest BCUT2D eigenvalue weighted by molar-refractivity contribution is 5.94. The SMILES string of the molecule is Cc1nccn1CC1CCN(C(=O)c2cccc(CCC(C)(C)O)c2)CC1. The quantitative estimate of drug-likeness (QED) is 0.848. The summed E-state index contributed by atoms with van der Waals surface area (Å²) in [5.74, 6) is 1.77. The highest BCUT2D eigenvalue weighted by Gasteiger charge is 2.24. The topological polar surface area (TPSA) is 58.4 Å². The molecule has 2 heterocycles. The Labute approximate surface area is 162 Å². The van der Waals surface area contributed by atoms with Crippen LogP contribution < -0.4 is 0 Å². The minimum atomic E-state index is -0.685. The Morgan fingerprint density at radius 3 is 2.67 bits per heavy atom. The van der Waals surface area contributed by atoms with E-state index in [9.17, 15) is 9.90 Å². The minimum absolute atomic E-state index is 0.123. The molecule has 1 aliphatic heterocycles. The van der Waals surface area contributed by atoms with E-state index in [4.69, 9.17) is 0 Å². The van der Waals surface area contributed by atoms with Gasteiger partial charge in [0.2, 0.25) is 0 Å². The zero-order chi connectivity index (χ0) is 19.4. The van der Waals surface area contributed by atoms with Crippen LogP contribution >= 0.6 is 0 Å². The van der Waals surface area contributed by atoms with Crippen molar-refractivity contribution in [2.24, 2.45) is 5.92 Å². The molecule has 0 spiro atoms. The molecule has 0 atom stereocenters. The number of aliphatic hydroxyl groups is 1. The average Bonchev–Trinajstić information content (AvgIpc) is 3.04. The van der Waals surface area contributed by atoms with Gasteiger partial charge < -0.3 is 14.6 Å². The largest absolute Gasteiger partial charge is 0.390 e. The van der Waals surface area contributed by atoms with Crippen molar-refractivity contribution in [1.29, 1.82) is 0 Å². The first-order chi connectivity index (χ1) is 12.8. The molecule has 1 aromatic carbocycles. The molecule has 3 rings (SSSR count). The molecule has 5 heteroatoms. The van der Waals surface area contributed by atoms with Crippen LogP contribution in [0, 0.1) is 12.8 Å². The number of aryl methyl sites for hydroxylation is 2. The first-order valence-corrected chi connectivity index (χ1v) is 9.90. The first kappa shape index (κ1) is 19.6. The molecule has 146 valence electrons. The van der Waals surface area contributed by atoms with Gasteiger partial charge in [0, 0.05) is 37.6 Å². The van der Waals surface area contributed by atoms with E-state index < -0.39 is 5.60 Å². The number of carbonyl (C=O) groups excluding carboxylic acids is 1. The monoisotopic (exact) mass is 369 g/mol. The van der Waals surface area contributed by atoms with Crippen molar-refractivity contribution in [3.63, 3.8) is 0 Å². The van der Waals surface area contributed by atoms with Crippen LogP contribution in [0.15, 0.2) is 36.7 Å². The van der Waals surface area contributed by atoms with Gasteiger partial charge in [-0.05, 0) is 70.1 Å². The lowest BCUT2D eigenvalue weighted by Crippen LogP contribution is -2.39. The Hall–Kier alpha value is -2.14. The molecule has 2 aromatic rings. The number of hydrogen-bond donors (Lipinski definition) is 1. The van der Waals surface area contributed by atoms with E-state index in [0.29, 0.717) is 12.3 Å². The summed E-state index contributed by atoms with van der Waals surface area (Å²) in [4.78, 5) is 19.2. The average molecular weight is 370 g/mol. The van der Waals surface area contributed by atoms with Gasteiger partial charge >= 0.3 is 0 Å². The van der Waals surface area contributed by atoms with Crippen molar-refractivity contribution in [2.75, 3.05) is 13.1 Å². The smallest absolute Gasteiger partial charge is 0.253 e. The molecule has 0 radical (unpaired) electrons. The van der Waals surface area contributed by atoms with Gasteiger partial charge in [-0.3, -0.25) is 4.79 Å². The number of piperidine rings is 1. The molecule has 0 unspecified atom stereocenters. The number of amides is 1. The van der Waals surface area contributed by atoms with E-state index in [0.717, 1.165) is 55.8 Å². The molecule has 0 bridgehead atoms. The lowest BCUT2D eigenvalue weighted by molar-refractivity contribution is 0.0682. The molecule has 0 saturated carbocycles. The van der Waals surface area contributed by atoms with Crippen LogP contribution in [0.25, 0.3) is 0 Å². The van der Waals surface area contributed by atoms with Crippen molar-refractivity contribution in [1.82, 2.24) is 14.5 Å². The van der Waals surface area contributed by atoms with Gasteiger partial charge in [0.15, 0.2) is 0 Å². The van der Waals surface area contributed by atoms with Gasteiger partial charge in [0.1, 0.15) is 5.82 Å². The third-order valence-electron chi connectivity index (χ3n) is 5.48. The third kappa shape index (κ3) is 5.42. The van der Waals surface area contributed by atoms with Crippen molar-refractivity contribution in [3.8, 4) is 0 Å². The predicted molar refractivity (Wildman–Crippen MR) is 107 cm³/mol. The molecular formula is C22H31N3O2.